The average molecular weight is 396 g/mol. The Labute approximate surface area is 168 Å². The molecule has 1 saturated carbocycles. The van der Waals surface area contributed by atoms with Crippen LogP contribution in [0.5, 0.6) is 0 Å². The van der Waals surface area contributed by atoms with Crippen molar-refractivity contribution in [2.24, 2.45) is 0 Å². The van der Waals surface area contributed by atoms with Gasteiger partial charge in [0.2, 0.25) is 5.95 Å². The predicted octanol–water partition coefficient (Wildman–Crippen LogP) is 4.29. The lowest BCUT2D eigenvalue weighted by molar-refractivity contribution is 0.103. The number of aromatic amines is 1. The quantitative estimate of drug-likeness (QED) is 0.425. The molecular formula is C21H25FN6O. The Morgan fingerprint density at radius 3 is 2.69 bits per heavy atom. The van der Waals surface area contributed by atoms with Crippen molar-refractivity contribution in [2.45, 2.75) is 58.0 Å². The molecule has 29 heavy (non-hydrogen) atoms. The zero-order valence-electron chi connectivity index (χ0n) is 16.6. The van der Waals surface area contributed by atoms with Gasteiger partial charge in [-0.05, 0) is 38.8 Å². The number of nitrogens with zero attached hydrogens (tertiary/aromatic N) is 3. The van der Waals surface area contributed by atoms with Crippen molar-refractivity contribution < 1.29 is 9.18 Å². The lowest BCUT2D eigenvalue weighted by atomic mass is 9.95. The highest BCUT2D eigenvalue weighted by Gasteiger charge is 2.23. The molecule has 0 bridgehead atoms. The van der Waals surface area contributed by atoms with E-state index in [4.69, 9.17) is 0 Å². The molecule has 1 fully saturated rings. The number of carbonyl (C=O) groups excluding carboxylic acids is 1. The van der Waals surface area contributed by atoms with Gasteiger partial charge < -0.3 is 15.6 Å². The first-order chi connectivity index (χ1) is 14.0. The second-order valence-corrected chi connectivity index (χ2v) is 7.79. The largest absolute Gasteiger partial charge is 0.367 e. The van der Waals surface area contributed by atoms with Crippen LogP contribution < -0.4 is 10.6 Å². The van der Waals surface area contributed by atoms with Crippen molar-refractivity contribution in [1.82, 2.24) is 19.9 Å². The van der Waals surface area contributed by atoms with Crippen molar-refractivity contribution in [2.75, 3.05) is 10.6 Å². The first-order valence-electron chi connectivity index (χ1n) is 10.1. The molecular weight excluding hydrogens is 371 g/mol. The van der Waals surface area contributed by atoms with Crippen molar-refractivity contribution in [3.8, 4) is 0 Å². The second-order valence-electron chi connectivity index (χ2n) is 7.79. The van der Waals surface area contributed by atoms with E-state index in [1.165, 1.54) is 31.7 Å². The number of hydrogen-bond donors (Lipinski definition) is 3. The third-order valence-corrected chi connectivity index (χ3v) is 5.19. The fourth-order valence-electron chi connectivity index (χ4n) is 3.81. The molecule has 0 spiro atoms. The number of pyridine rings is 1. The Balaban J connectivity index is 1.62. The fraction of sp³-hybridized carbons (Fsp3) is 0.429. The molecule has 1 aliphatic carbocycles. The molecule has 4 rings (SSSR count). The van der Waals surface area contributed by atoms with E-state index in [-0.39, 0.29) is 11.6 Å². The van der Waals surface area contributed by atoms with Crippen molar-refractivity contribution >= 4 is 28.5 Å². The molecule has 3 aromatic rings. The van der Waals surface area contributed by atoms with E-state index < -0.39 is 11.7 Å². The first-order valence-corrected chi connectivity index (χ1v) is 10.1. The molecule has 0 aromatic carbocycles. The molecule has 0 radical (unpaired) electrons. The van der Waals surface area contributed by atoms with Gasteiger partial charge in [-0.15, -0.1) is 0 Å². The van der Waals surface area contributed by atoms with Gasteiger partial charge in [0.05, 0.1) is 16.5 Å². The summed E-state index contributed by atoms with van der Waals surface area (Å²) >= 11 is 0. The summed E-state index contributed by atoms with van der Waals surface area (Å²) in [5, 5.41) is 7.04. The van der Waals surface area contributed by atoms with Gasteiger partial charge in [0.1, 0.15) is 23.6 Å². The minimum Gasteiger partial charge on any atom is -0.367 e. The van der Waals surface area contributed by atoms with Gasteiger partial charge in [-0.2, -0.15) is 4.39 Å². The third-order valence-electron chi connectivity index (χ3n) is 5.19. The molecule has 0 atom stereocenters. The summed E-state index contributed by atoms with van der Waals surface area (Å²) in [7, 11) is 0. The predicted molar refractivity (Wildman–Crippen MR) is 111 cm³/mol. The van der Waals surface area contributed by atoms with Crippen LogP contribution in [0.1, 0.15) is 61.9 Å². The van der Waals surface area contributed by atoms with E-state index in [1.807, 2.05) is 13.8 Å². The van der Waals surface area contributed by atoms with Gasteiger partial charge >= 0.3 is 0 Å². The number of carbonyl (C=O) groups is 1. The van der Waals surface area contributed by atoms with Crippen molar-refractivity contribution in [3.63, 3.8) is 0 Å². The van der Waals surface area contributed by atoms with Gasteiger partial charge in [0.15, 0.2) is 5.78 Å². The molecule has 3 N–H and O–H groups in total. The van der Waals surface area contributed by atoms with Crippen molar-refractivity contribution in [1.29, 1.82) is 0 Å². The Hall–Kier alpha value is -3.03. The number of halogens is 1. The number of anilines is 2. The van der Waals surface area contributed by atoms with E-state index in [0.717, 1.165) is 12.8 Å². The van der Waals surface area contributed by atoms with Crippen LogP contribution in [-0.2, 0) is 0 Å². The molecule has 1 aliphatic rings. The van der Waals surface area contributed by atoms with Crippen molar-refractivity contribution in [3.05, 3.63) is 41.7 Å². The van der Waals surface area contributed by atoms with Crippen LogP contribution in [0.4, 0.5) is 16.0 Å². The lowest BCUT2D eigenvalue weighted by Crippen LogP contribution is -2.23. The average Bonchev–Trinajstić information content (AvgIpc) is 3.13. The highest BCUT2D eigenvalue weighted by Crippen LogP contribution is 2.27. The molecule has 3 heterocycles. The molecule has 0 amide bonds. The topological polar surface area (TPSA) is 95.6 Å². The number of hydrogen-bond acceptors (Lipinski definition) is 6. The maximum Gasteiger partial charge on any atom is 0.226 e. The van der Waals surface area contributed by atoms with E-state index in [2.05, 4.69) is 30.6 Å². The summed E-state index contributed by atoms with van der Waals surface area (Å²) in [4.78, 5) is 28.5. The third kappa shape index (κ3) is 4.06. The normalized spacial score (nSPS) is 15.0. The Bertz CT molecular complexity index is 1030. The summed E-state index contributed by atoms with van der Waals surface area (Å²) in [5.41, 5.74) is 0.771. The molecule has 0 unspecified atom stereocenters. The summed E-state index contributed by atoms with van der Waals surface area (Å²) in [6.07, 6.45) is 8.68. The highest BCUT2D eigenvalue weighted by molar-refractivity contribution is 6.18. The Morgan fingerprint density at radius 1 is 1.17 bits per heavy atom. The molecule has 0 aliphatic heterocycles. The smallest absolute Gasteiger partial charge is 0.226 e. The summed E-state index contributed by atoms with van der Waals surface area (Å²) in [6, 6.07) is 3.60. The number of rotatable bonds is 6. The first kappa shape index (κ1) is 19.3. The van der Waals surface area contributed by atoms with Crippen LogP contribution in [0.2, 0.25) is 0 Å². The van der Waals surface area contributed by atoms with Crippen LogP contribution in [0.15, 0.2) is 24.7 Å². The summed E-state index contributed by atoms with van der Waals surface area (Å²) < 4.78 is 14.7. The number of H-pyrrole nitrogens is 1. The Kier molecular flexibility index (Phi) is 5.42. The van der Waals surface area contributed by atoms with Gasteiger partial charge in [0.25, 0.3) is 0 Å². The SMILES string of the molecule is CC(C)Nc1ncnc2[nH]cc(C(=O)c3ccc(NC4CCCCC4)nc3F)c12. The van der Waals surface area contributed by atoms with E-state index >= 15 is 0 Å². The molecule has 8 heteroatoms. The van der Waals surface area contributed by atoms with E-state index in [0.29, 0.717) is 34.3 Å². The van der Waals surface area contributed by atoms with Gasteiger partial charge in [-0.3, -0.25) is 4.79 Å². The minimum atomic E-state index is -0.777. The summed E-state index contributed by atoms with van der Waals surface area (Å²) in [6.45, 7) is 3.95. The zero-order chi connectivity index (χ0) is 20.4. The Morgan fingerprint density at radius 2 is 1.97 bits per heavy atom. The van der Waals surface area contributed by atoms with E-state index in [1.54, 1.807) is 12.3 Å². The number of nitrogens with one attached hydrogen (secondary N) is 3. The molecule has 0 saturated heterocycles. The van der Waals surface area contributed by atoms with Gasteiger partial charge in [0, 0.05) is 18.3 Å². The van der Waals surface area contributed by atoms with Crippen LogP contribution in [0, 0.1) is 5.95 Å². The maximum absolute atomic E-state index is 14.7. The maximum atomic E-state index is 14.7. The number of ketones is 1. The lowest BCUT2D eigenvalue weighted by Gasteiger charge is -2.23. The second kappa shape index (κ2) is 8.14. The minimum absolute atomic E-state index is 0.0700. The number of fused-ring (bicyclic) bond motifs is 1. The molecule has 3 aromatic heterocycles. The molecule has 7 nitrogen and oxygen atoms in total. The monoisotopic (exact) mass is 396 g/mol. The van der Waals surface area contributed by atoms with Crippen LogP contribution in [0.25, 0.3) is 11.0 Å². The van der Waals surface area contributed by atoms with Gasteiger partial charge in [-0.1, -0.05) is 19.3 Å². The highest BCUT2D eigenvalue weighted by atomic mass is 19.1. The summed E-state index contributed by atoms with van der Waals surface area (Å²) in [5.74, 6) is -0.221. The fourth-order valence-corrected chi connectivity index (χ4v) is 3.81. The van der Waals surface area contributed by atoms with Crippen LogP contribution in [-0.4, -0.2) is 37.8 Å². The van der Waals surface area contributed by atoms with Gasteiger partial charge in [-0.25, -0.2) is 15.0 Å². The zero-order valence-corrected chi connectivity index (χ0v) is 16.6. The van der Waals surface area contributed by atoms with Crippen LogP contribution >= 0.6 is 0 Å². The standard InChI is InChI=1S/C21H25FN6O/c1-12(2)26-21-17-15(10-23-20(17)24-11-25-21)18(29)14-8-9-16(28-19(14)22)27-13-6-4-3-5-7-13/h8-13H,3-7H2,1-2H3,(H,27,28)(H2,23,24,25,26). The van der Waals surface area contributed by atoms with Crippen LogP contribution in [0.3, 0.4) is 0 Å². The van der Waals surface area contributed by atoms with E-state index in [9.17, 15) is 9.18 Å². The molecule has 152 valence electrons. The number of aromatic nitrogens is 4.